The number of rotatable bonds is 2. The SMILES string of the molecule is CC1(C2CCN(C(=O)C3CC4(COC(=O)N4)C3)CC2)Cc2cc(F)cc(Cl)c2O1. The van der Waals surface area contributed by atoms with E-state index in [0.29, 0.717) is 49.7 Å². The van der Waals surface area contributed by atoms with Crippen LogP contribution in [0.25, 0.3) is 0 Å². The molecule has 4 aliphatic rings. The van der Waals surface area contributed by atoms with E-state index in [2.05, 4.69) is 12.2 Å². The number of alkyl carbamates (subject to hydrolysis) is 1. The predicted octanol–water partition coefficient (Wildman–Crippen LogP) is 3.30. The number of nitrogens with zero attached hydrogens (tertiary/aromatic N) is 1. The first-order valence-corrected chi connectivity index (χ1v) is 10.6. The number of hydrogen-bond donors (Lipinski definition) is 1. The zero-order valence-corrected chi connectivity index (χ0v) is 17.1. The summed E-state index contributed by atoms with van der Waals surface area (Å²) in [6.45, 7) is 3.79. The van der Waals surface area contributed by atoms with Crippen molar-refractivity contribution in [2.75, 3.05) is 19.7 Å². The molecule has 8 heteroatoms. The van der Waals surface area contributed by atoms with Crippen molar-refractivity contribution < 1.29 is 23.5 Å². The van der Waals surface area contributed by atoms with Crippen LogP contribution in [-0.4, -0.2) is 47.7 Å². The summed E-state index contributed by atoms with van der Waals surface area (Å²) in [6, 6.07) is 2.79. The monoisotopic (exact) mass is 422 g/mol. The van der Waals surface area contributed by atoms with E-state index >= 15 is 0 Å². The van der Waals surface area contributed by atoms with Gasteiger partial charge in [0.1, 0.15) is 23.8 Å². The summed E-state index contributed by atoms with van der Waals surface area (Å²) in [5, 5.41) is 3.15. The molecule has 3 heterocycles. The Kier molecular flexibility index (Phi) is 4.25. The summed E-state index contributed by atoms with van der Waals surface area (Å²) in [4.78, 5) is 26.1. The maximum absolute atomic E-state index is 13.7. The van der Waals surface area contributed by atoms with Gasteiger partial charge in [-0.25, -0.2) is 9.18 Å². The number of fused-ring (bicyclic) bond motifs is 1. The first-order chi connectivity index (χ1) is 13.8. The largest absolute Gasteiger partial charge is 0.485 e. The molecule has 0 aromatic heterocycles. The lowest BCUT2D eigenvalue weighted by Gasteiger charge is -2.46. The molecule has 1 aromatic carbocycles. The number of carbonyl (C=O) groups excluding carboxylic acids is 2. The minimum Gasteiger partial charge on any atom is -0.485 e. The number of benzene rings is 1. The number of cyclic esters (lactones) is 1. The van der Waals surface area contributed by atoms with Crippen LogP contribution in [-0.2, 0) is 16.0 Å². The number of piperidine rings is 1. The molecule has 1 aromatic rings. The van der Waals surface area contributed by atoms with Gasteiger partial charge in [-0.05, 0) is 44.7 Å². The van der Waals surface area contributed by atoms with Crippen molar-refractivity contribution in [1.82, 2.24) is 10.2 Å². The van der Waals surface area contributed by atoms with Gasteiger partial charge >= 0.3 is 6.09 Å². The second-order valence-corrected chi connectivity index (χ2v) is 9.56. The Morgan fingerprint density at radius 2 is 2.03 bits per heavy atom. The molecule has 1 saturated carbocycles. The molecular formula is C21H24ClFN2O4. The first-order valence-electron chi connectivity index (χ1n) is 10.2. The number of carbonyl (C=O) groups is 2. The second-order valence-electron chi connectivity index (χ2n) is 9.15. The highest BCUT2D eigenvalue weighted by Crippen LogP contribution is 2.47. The first kappa shape index (κ1) is 19.0. The van der Waals surface area contributed by atoms with Gasteiger partial charge in [0.25, 0.3) is 0 Å². The zero-order valence-electron chi connectivity index (χ0n) is 16.3. The topological polar surface area (TPSA) is 67.9 Å². The molecule has 1 atom stereocenters. The fraction of sp³-hybridized carbons (Fsp3) is 0.619. The molecule has 2 amide bonds. The highest BCUT2D eigenvalue weighted by atomic mass is 35.5. The molecular weight excluding hydrogens is 399 g/mol. The molecule has 29 heavy (non-hydrogen) atoms. The van der Waals surface area contributed by atoms with Crippen molar-refractivity contribution in [3.63, 3.8) is 0 Å². The molecule has 1 N–H and O–H groups in total. The number of hydrogen-bond acceptors (Lipinski definition) is 4. The molecule has 5 rings (SSSR count). The van der Waals surface area contributed by atoms with Crippen LogP contribution >= 0.6 is 11.6 Å². The van der Waals surface area contributed by atoms with E-state index in [1.54, 1.807) is 0 Å². The van der Waals surface area contributed by atoms with Gasteiger partial charge in [0, 0.05) is 36.9 Å². The minimum absolute atomic E-state index is 0.0436. The van der Waals surface area contributed by atoms with E-state index in [0.717, 1.165) is 18.4 Å². The molecule has 1 spiro atoms. The zero-order chi connectivity index (χ0) is 20.4. The molecule has 3 fully saturated rings. The average molecular weight is 423 g/mol. The van der Waals surface area contributed by atoms with E-state index < -0.39 is 5.60 Å². The van der Waals surface area contributed by atoms with Crippen LogP contribution in [0.1, 0.15) is 38.2 Å². The third-order valence-corrected chi connectivity index (χ3v) is 7.38. The average Bonchev–Trinajstić information content (AvgIpc) is 3.21. The standard InChI is InChI=1S/C21H24ClFN2O4/c1-20(8-12-6-15(23)7-16(22)17(12)29-20)14-2-4-25(5-3-14)18(26)13-9-21(10-13)11-28-19(27)24-21/h6-7,13-14H,2-5,8-11H2,1H3,(H,24,27). The highest BCUT2D eigenvalue weighted by molar-refractivity contribution is 6.32. The summed E-state index contributed by atoms with van der Waals surface area (Å²) in [6.07, 6.45) is 3.23. The Morgan fingerprint density at radius 1 is 1.31 bits per heavy atom. The van der Waals surface area contributed by atoms with Crippen LogP contribution < -0.4 is 10.1 Å². The number of halogens is 2. The van der Waals surface area contributed by atoms with Gasteiger partial charge in [0.15, 0.2) is 0 Å². The van der Waals surface area contributed by atoms with Gasteiger partial charge in [0.05, 0.1) is 10.6 Å². The Morgan fingerprint density at radius 3 is 2.69 bits per heavy atom. The Balaban J connectivity index is 1.18. The minimum atomic E-state index is -0.430. The lowest BCUT2D eigenvalue weighted by molar-refractivity contribution is -0.143. The van der Waals surface area contributed by atoms with E-state index in [4.69, 9.17) is 21.1 Å². The number of likely N-dealkylation sites (tertiary alicyclic amines) is 1. The maximum atomic E-state index is 13.7. The molecule has 0 bridgehead atoms. The van der Waals surface area contributed by atoms with Gasteiger partial charge in [0.2, 0.25) is 5.91 Å². The third-order valence-electron chi connectivity index (χ3n) is 7.10. The fourth-order valence-electron chi connectivity index (χ4n) is 5.47. The third kappa shape index (κ3) is 3.14. The number of amides is 2. The van der Waals surface area contributed by atoms with Crippen LogP contribution in [0, 0.1) is 17.7 Å². The van der Waals surface area contributed by atoms with Crippen LogP contribution in [0.2, 0.25) is 5.02 Å². The lowest BCUT2D eigenvalue weighted by atomic mass is 9.68. The Hall–Kier alpha value is -2.02. The van der Waals surface area contributed by atoms with Crippen LogP contribution in [0.3, 0.4) is 0 Å². The van der Waals surface area contributed by atoms with Crippen molar-refractivity contribution in [3.8, 4) is 5.75 Å². The van der Waals surface area contributed by atoms with Crippen molar-refractivity contribution in [1.29, 1.82) is 0 Å². The molecule has 1 unspecified atom stereocenters. The van der Waals surface area contributed by atoms with E-state index in [-0.39, 0.29) is 35.2 Å². The van der Waals surface area contributed by atoms with Gasteiger partial charge in [-0.1, -0.05) is 11.6 Å². The summed E-state index contributed by atoms with van der Waals surface area (Å²) < 4.78 is 24.9. The Bertz CT molecular complexity index is 880. The summed E-state index contributed by atoms with van der Waals surface area (Å²) in [7, 11) is 0. The smallest absolute Gasteiger partial charge is 0.407 e. The molecule has 156 valence electrons. The van der Waals surface area contributed by atoms with Gasteiger partial charge < -0.3 is 19.7 Å². The van der Waals surface area contributed by atoms with Crippen LogP contribution in [0.5, 0.6) is 5.75 Å². The van der Waals surface area contributed by atoms with E-state index in [1.807, 2.05) is 4.90 Å². The maximum Gasteiger partial charge on any atom is 0.407 e. The van der Waals surface area contributed by atoms with Crippen molar-refractivity contribution in [2.45, 2.75) is 50.2 Å². The summed E-state index contributed by atoms with van der Waals surface area (Å²) in [5.74, 6) is 0.645. The molecule has 6 nitrogen and oxygen atoms in total. The van der Waals surface area contributed by atoms with Crippen molar-refractivity contribution in [3.05, 3.63) is 28.5 Å². The van der Waals surface area contributed by atoms with Gasteiger partial charge in [-0.15, -0.1) is 0 Å². The Labute approximate surface area is 173 Å². The summed E-state index contributed by atoms with van der Waals surface area (Å²) >= 11 is 6.17. The predicted molar refractivity (Wildman–Crippen MR) is 103 cm³/mol. The molecule has 3 aliphatic heterocycles. The summed E-state index contributed by atoms with van der Waals surface area (Å²) in [5.41, 5.74) is 0.0545. The van der Waals surface area contributed by atoms with E-state index in [9.17, 15) is 14.0 Å². The van der Waals surface area contributed by atoms with Crippen LogP contribution in [0.4, 0.5) is 9.18 Å². The second kappa shape index (κ2) is 6.49. The van der Waals surface area contributed by atoms with Crippen molar-refractivity contribution >= 4 is 23.6 Å². The molecule has 0 radical (unpaired) electrons. The molecule has 2 saturated heterocycles. The quantitative estimate of drug-likeness (QED) is 0.794. The van der Waals surface area contributed by atoms with Gasteiger partial charge in [-0.3, -0.25) is 4.79 Å². The van der Waals surface area contributed by atoms with Gasteiger partial charge in [-0.2, -0.15) is 0 Å². The van der Waals surface area contributed by atoms with Crippen molar-refractivity contribution in [2.24, 2.45) is 11.8 Å². The van der Waals surface area contributed by atoms with Crippen LogP contribution in [0.15, 0.2) is 12.1 Å². The highest BCUT2D eigenvalue weighted by Gasteiger charge is 2.54. The fourth-order valence-corrected chi connectivity index (χ4v) is 5.74. The molecule has 1 aliphatic carbocycles. The van der Waals surface area contributed by atoms with E-state index in [1.165, 1.54) is 12.1 Å². The lowest BCUT2D eigenvalue weighted by Crippen LogP contribution is -2.59. The number of nitrogens with one attached hydrogen (secondary N) is 1. The normalized spacial score (nSPS) is 33.7. The number of ether oxygens (including phenoxy) is 2.